The molecule has 0 bridgehead atoms. The number of carboxylic acid groups (broad SMARTS) is 1. The fourth-order valence-corrected chi connectivity index (χ4v) is 1.89. The van der Waals surface area contributed by atoms with E-state index in [2.05, 4.69) is 10.3 Å². The number of nitrogens with one attached hydrogen (secondary N) is 1. The number of hydrogen-bond donors (Lipinski definition) is 3. The van der Waals surface area contributed by atoms with Gasteiger partial charge in [-0.2, -0.15) is 0 Å². The lowest BCUT2D eigenvalue weighted by molar-refractivity contribution is -0.136. The summed E-state index contributed by atoms with van der Waals surface area (Å²) in [5.74, 6) is -1.40. The highest BCUT2D eigenvalue weighted by molar-refractivity contribution is 5.94. The van der Waals surface area contributed by atoms with Crippen LogP contribution in [0.25, 0.3) is 0 Å². The highest BCUT2D eigenvalue weighted by Gasteiger charge is 2.09. The van der Waals surface area contributed by atoms with Crippen molar-refractivity contribution in [2.45, 2.75) is 13.0 Å². The van der Waals surface area contributed by atoms with Gasteiger partial charge in [-0.3, -0.25) is 14.6 Å². The van der Waals surface area contributed by atoms with Gasteiger partial charge in [0, 0.05) is 12.7 Å². The predicted molar refractivity (Wildman–Crippen MR) is 74.9 cm³/mol. The molecule has 0 fully saturated rings. The number of aromatic nitrogens is 1. The number of carboxylic acids is 1. The van der Waals surface area contributed by atoms with Crippen LogP contribution in [-0.4, -0.2) is 27.1 Å². The molecule has 6 nitrogen and oxygen atoms in total. The zero-order chi connectivity index (χ0) is 15.2. The van der Waals surface area contributed by atoms with Gasteiger partial charge in [-0.25, -0.2) is 0 Å². The van der Waals surface area contributed by atoms with E-state index in [1.54, 1.807) is 24.3 Å². The van der Waals surface area contributed by atoms with Crippen LogP contribution in [0.5, 0.6) is 5.75 Å². The Hall–Kier alpha value is -2.89. The third-order valence-electron chi connectivity index (χ3n) is 2.89. The molecule has 1 aromatic carbocycles. The van der Waals surface area contributed by atoms with Crippen molar-refractivity contribution in [3.8, 4) is 5.75 Å². The quantitative estimate of drug-likeness (QED) is 0.770. The first-order valence-electron chi connectivity index (χ1n) is 6.27. The van der Waals surface area contributed by atoms with Gasteiger partial charge in [-0.05, 0) is 17.2 Å². The number of aliphatic carboxylic acids is 1. The largest absolute Gasteiger partial charge is 0.506 e. The Balaban J connectivity index is 2.06. The van der Waals surface area contributed by atoms with Gasteiger partial charge in [0.15, 0.2) is 0 Å². The number of carbonyl (C=O) groups excluding carboxylic acids is 1. The molecule has 0 spiro atoms. The number of rotatable bonds is 5. The number of hydrogen-bond acceptors (Lipinski definition) is 4. The lowest BCUT2D eigenvalue weighted by Gasteiger charge is -2.09. The molecule has 3 N–H and O–H groups in total. The van der Waals surface area contributed by atoms with Gasteiger partial charge in [0.1, 0.15) is 5.75 Å². The average Bonchev–Trinajstić information content (AvgIpc) is 2.45. The SMILES string of the molecule is O=C(O)Cc1ccccc1CNC(=O)c1cncc(O)c1. The van der Waals surface area contributed by atoms with Crippen LogP contribution in [0.2, 0.25) is 0 Å². The molecule has 21 heavy (non-hydrogen) atoms. The van der Waals surface area contributed by atoms with Crippen LogP contribution >= 0.6 is 0 Å². The molecule has 0 saturated carbocycles. The molecule has 1 amide bonds. The Morgan fingerprint density at radius 3 is 2.52 bits per heavy atom. The third kappa shape index (κ3) is 4.04. The minimum Gasteiger partial charge on any atom is -0.506 e. The van der Waals surface area contributed by atoms with E-state index >= 15 is 0 Å². The van der Waals surface area contributed by atoms with Crippen LogP contribution < -0.4 is 5.32 Å². The molecule has 0 aliphatic carbocycles. The summed E-state index contributed by atoms with van der Waals surface area (Å²) in [5, 5.41) is 20.8. The lowest BCUT2D eigenvalue weighted by atomic mass is 10.0. The Kier molecular flexibility index (Phi) is 4.50. The zero-order valence-electron chi connectivity index (χ0n) is 11.1. The van der Waals surface area contributed by atoms with E-state index in [0.717, 1.165) is 5.56 Å². The highest BCUT2D eigenvalue weighted by Crippen LogP contribution is 2.11. The molecule has 0 aliphatic rings. The van der Waals surface area contributed by atoms with Crippen LogP contribution in [0.4, 0.5) is 0 Å². The van der Waals surface area contributed by atoms with Gasteiger partial charge < -0.3 is 15.5 Å². The molecule has 108 valence electrons. The minimum absolute atomic E-state index is 0.0890. The maximum absolute atomic E-state index is 11.9. The number of nitrogens with zero attached hydrogens (tertiary/aromatic N) is 1. The second-order valence-corrected chi connectivity index (χ2v) is 4.45. The third-order valence-corrected chi connectivity index (χ3v) is 2.89. The minimum atomic E-state index is -0.925. The predicted octanol–water partition coefficient (Wildman–Crippen LogP) is 1.34. The monoisotopic (exact) mass is 286 g/mol. The van der Waals surface area contributed by atoms with Gasteiger partial charge in [-0.1, -0.05) is 24.3 Å². The molecule has 0 unspecified atom stereocenters. The van der Waals surface area contributed by atoms with Crippen LogP contribution in [0, 0.1) is 0 Å². The summed E-state index contributed by atoms with van der Waals surface area (Å²) < 4.78 is 0. The summed E-state index contributed by atoms with van der Waals surface area (Å²) in [5.41, 5.74) is 1.63. The Labute approximate surface area is 121 Å². The Morgan fingerprint density at radius 1 is 1.14 bits per heavy atom. The summed E-state index contributed by atoms with van der Waals surface area (Å²) in [6.45, 7) is 0.206. The standard InChI is InChI=1S/C15H14N2O4/c18-13-5-12(7-16-9-13)15(21)17-8-11-4-2-1-3-10(11)6-14(19)20/h1-5,7,9,18H,6,8H2,(H,17,21)(H,19,20). The summed E-state index contributed by atoms with van der Waals surface area (Å²) in [6.07, 6.45) is 2.48. The fraction of sp³-hybridized carbons (Fsp3) is 0.133. The smallest absolute Gasteiger partial charge is 0.307 e. The fourth-order valence-electron chi connectivity index (χ4n) is 1.89. The average molecular weight is 286 g/mol. The number of amides is 1. The van der Waals surface area contributed by atoms with E-state index in [-0.39, 0.29) is 30.2 Å². The van der Waals surface area contributed by atoms with Crippen molar-refractivity contribution in [1.82, 2.24) is 10.3 Å². The molecule has 0 radical (unpaired) electrons. The molecule has 1 aromatic heterocycles. The Morgan fingerprint density at radius 2 is 1.86 bits per heavy atom. The second kappa shape index (κ2) is 6.51. The van der Waals surface area contributed by atoms with E-state index in [1.807, 2.05) is 0 Å². The first kappa shape index (κ1) is 14.5. The molecule has 1 heterocycles. The van der Waals surface area contributed by atoms with Crippen molar-refractivity contribution in [2.75, 3.05) is 0 Å². The highest BCUT2D eigenvalue weighted by atomic mass is 16.4. The molecular formula is C15H14N2O4. The first-order valence-corrected chi connectivity index (χ1v) is 6.27. The molecule has 6 heteroatoms. The normalized spacial score (nSPS) is 10.1. The van der Waals surface area contributed by atoms with Crippen LogP contribution in [0.1, 0.15) is 21.5 Å². The van der Waals surface area contributed by atoms with E-state index in [4.69, 9.17) is 5.11 Å². The molecule has 0 aliphatic heterocycles. The number of aromatic hydroxyl groups is 1. The van der Waals surface area contributed by atoms with E-state index in [1.165, 1.54) is 18.5 Å². The van der Waals surface area contributed by atoms with Crippen LogP contribution in [0.15, 0.2) is 42.7 Å². The maximum Gasteiger partial charge on any atom is 0.307 e. The number of carbonyl (C=O) groups is 2. The van der Waals surface area contributed by atoms with Crippen molar-refractivity contribution >= 4 is 11.9 Å². The Bertz CT molecular complexity index is 670. The summed E-state index contributed by atoms with van der Waals surface area (Å²) in [4.78, 5) is 26.4. The van der Waals surface area contributed by atoms with E-state index in [0.29, 0.717) is 5.56 Å². The van der Waals surface area contributed by atoms with Gasteiger partial charge in [0.2, 0.25) is 0 Å². The van der Waals surface area contributed by atoms with Crippen LogP contribution in [0.3, 0.4) is 0 Å². The first-order chi connectivity index (χ1) is 10.1. The molecule has 0 saturated heterocycles. The number of benzene rings is 1. The summed E-state index contributed by atoms with van der Waals surface area (Å²) >= 11 is 0. The zero-order valence-corrected chi connectivity index (χ0v) is 11.1. The lowest BCUT2D eigenvalue weighted by Crippen LogP contribution is -2.23. The molecule has 2 aromatic rings. The van der Waals surface area contributed by atoms with Gasteiger partial charge >= 0.3 is 5.97 Å². The molecule has 2 rings (SSSR count). The summed E-state index contributed by atoms with van der Waals surface area (Å²) in [6, 6.07) is 8.32. The topological polar surface area (TPSA) is 99.5 Å². The number of pyridine rings is 1. The van der Waals surface area contributed by atoms with Gasteiger partial charge in [0.05, 0.1) is 18.2 Å². The maximum atomic E-state index is 11.9. The van der Waals surface area contributed by atoms with E-state index < -0.39 is 5.97 Å². The van der Waals surface area contributed by atoms with Crippen molar-refractivity contribution < 1.29 is 19.8 Å². The van der Waals surface area contributed by atoms with Crippen molar-refractivity contribution in [3.05, 3.63) is 59.4 Å². The van der Waals surface area contributed by atoms with Crippen molar-refractivity contribution in [3.63, 3.8) is 0 Å². The van der Waals surface area contributed by atoms with Crippen molar-refractivity contribution in [1.29, 1.82) is 0 Å². The van der Waals surface area contributed by atoms with Gasteiger partial charge in [-0.15, -0.1) is 0 Å². The molecular weight excluding hydrogens is 272 g/mol. The summed E-state index contributed by atoms with van der Waals surface area (Å²) in [7, 11) is 0. The van der Waals surface area contributed by atoms with Gasteiger partial charge in [0.25, 0.3) is 5.91 Å². The molecule has 0 atom stereocenters. The second-order valence-electron chi connectivity index (χ2n) is 4.45. The van der Waals surface area contributed by atoms with Crippen molar-refractivity contribution in [2.24, 2.45) is 0 Å². The van der Waals surface area contributed by atoms with Crippen LogP contribution in [-0.2, 0) is 17.8 Å². The van der Waals surface area contributed by atoms with E-state index in [9.17, 15) is 14.7 Å².